The number of benzene rings is 2. The quantitative estimate of drug-likeness (QED) is 0.610. The fraction of sp³-hybridized carbons (Fsp3) is 0.158. The van der Waals surface area contributed by atoms with Gasteiger partial charge in [-0.1, -0.05) is 35.6 Å². The minimum absolute atomic E-state index is 0.148. The Morgan fingerprint density at radius 2 is 1.85 bits per heavy atom. The summed E-state index contributed by atoms with van der Waals surface area (Å²) in [5, 5.41) is 14.7. The van der Waals surface area contributed by atoms with Gasteiger partial charge in [-0.2, -0.15) is 0 Å². The van der Waals surface area contributed by atoms with Gasteiger partial charge < -0.3 is 5.32 Å². The maximum absolute atomic E-state index is 12.4. The van der Waals surface area contributed by atoms with Crippen LogP contribution < -0.4 is 10.6 Å². The van der Waals surface area contributed by atoms with Gasteiger partial charge in [0, 0.05) is 16.1 Å². The molecular weight excluding hydrogens is 380 g/mol. The predicted octanol–water partition coefficient (Wildman–Crippen LogP) is 4.14. The first kappa shape index (κ1) is 19.1. The third-order valence-electron chi connectivity index (χ3n) is 3.62. The number of aryl methyl sites for hydroxylation is 2. The molecule has 0 spiro atoms. The number of aromatic nitrogens is 2. The zero-order valence-electron chi connectivity index (χ0n) is 14.9. The number of hydrogen-bond donors (Lipinski definition) is 2. The van der Waals surface area contributed by atoms with Gasteiger partial charge in [0.1, 0.15) is 5.01 Å². The summed E-state index contributed by atoms with van der Waals surface area (Å²) in [5.41, 5.74) is 2.25. The third-order valence-corrected chi connectivity index (χ3v) is 5.37. The number of thioether (sulfide) groups is 1. The van der Waals surface area contributed by atoms with Gasteiger partial charge in [0.2, 0.25) is 11.0 Å². The van der Waals surface area contributed by atoms with Crippen LogP contribution in [0.1, 0.15) is 20.9 Å². The number of amides is 2. The van der Waals surface area contributed by atoms with E-state index in [9.17, 15) is 9.59 Å². The third kappa shape index (κ3) is 5.38. The van der Waals surface area contributed by atoms with E-state index in [1.807, 2.05) is 56.3 Å². The smallest absolute Gasteiger partial charge is 0.255 e. The van der Waals surface area contributed by atoms with Crippen LogP contribution in [-0.4, -0.2) is 27.8 Å². The van der Waals surface area contributed by atoms with Crippen LogP contribution in [0.2, 0.25) is 0 Å². The van der Waals surface area contributed by atoms with Crippen LogP contribution in [0.25, 0.3) is 0 Å². The molecule has 138 valence electrons. The van der Waals surface area contributed by atoms with E-state index in [1.165, 1.54) is 23.1 Å². The van der Waals surface area contributed by atoms with Gasteiger partial charge in [0.15, 0.2) is 0 Å². The molecule has 2 amide bonds. The van der Waals surface area contributed by atoms with Crippen molar-refractivity contribution in [2.75, 3.05) is 16.4 Å². The number of carbonyl (C=O) groups is 2. The van der Waals surface area contributed by atoms with E-state index in [1.54, 1.807) is 6.07 Å². The number of rotatable bonds is 6. The molecule has 0 fully saturated rings. The Morgan fingerprint density at radius 1 is 1.04 bits per heavy atom. The Morgan fingerprint density at radius 3 is 2.59 bits per heavy atom. The first-order valence-corrected chi connectivity index (χ1v) is 10.0. The second kappa shape index (κ2) is 8.79. The highest BCUT2D eigenvalue weighted by molar-refractivity contribution is 8.00. The highest BCUT2D eigenvalue weighted by Gasteiger charge is 2.10. The van der Waals surface area contributed by atoms with E-state index >= 15 is 0 Å². The lowest BCUT2D eigenvalue weighted by atomic mass is 10.1. The average Bonchev–Trinajstić information content (AvgIpc) is 3.05. The summed E-state index contributed by atoms with van der Waals surface area (Å²) in [6, 6.07) is 14.9. The van der Waals surface area contributed by atoms with Gasteiger partial charge in [-0.3, -0.25) is 14.9 Å². The molecule has 0 unspecified atom stereocenters. The molecule has 0 aliphatic rings. The van der Waals surface area contributed by atoms with Crippen LogP contribution in [0.4, 0.5) is 10.8 Å². The molecule has 0 radical (unpaired) electrons. The minimum Gasteiger partial charge on any atom is -0.322 e. The van der Waals surface area contributed by atoms with E-state index < -0.39 is 0 Å². The van der Waals surface area contributed by atoms with Crippen molar-refractivity contribution >= 4 is 45.7 Å². The van der Waals surface area contributed by atoms with Crippen molar-refractivity contribution in [1.29, 1.82) is 0 Å². The van der Waals surface area contributed by atoms with Crippen LogP contribution in [0.5, 0.6) is 0 Å². The molecule has 2 N–H and O–H groups in total. The lowest BCUT2D eigenvalue weighted by Gasteiger charge is -2.09. The Labute approximate surface area is 165 Å². The molecule has 1 heterocycles. The summed E-state index contributed by atoms with van der Waals surface area (Å²) in [5.74, 6) is -0.0569. The van der Waals surface area contributed by atoms with Crippen LogP contribution in [0, 0.1) is 13.8 Å². The van der Waals surface area contributed by atoms with E-state index in [4.69, 9.17) is 0 Å². The van der Waals surface area contributed by atoms with Gasteiger partial charge in [0.05, 0.1) is 5.75 Å². The number of nitrogens with one attached hydrogen (secondary N) is 2. The maximum Gasteiger partial charge on any atom is 0.255 e. The Hall–Kier alpha value is -2.71. The molecule has 0 aliphatic heterocycles. The molecule has 3 rings (SSSR count). The monoisotopic (exact) mass is 398 g/mol. The Balaban J connectivity index is 1.58. The van der Waals surface area contributed by atoms with Crippen molar-refractivity contribution in [3.05, 3.63) is 64.7 Å². The highest BCUT2D eigenvalue weighted by atomic mass is 32.2. The summed E-state index contributed by atoms with van der Waals surface area (Å²) in [7, 11) is 0. The van der Waals surface area contributed by atoms with E-state index in [2.05, 4.69) is 20.8 Å². The fourth-order valence-corrected chi connectivity index (χ4v) is 3.70. The van der Waals surface area contributed by atoms with Crippen molar-refractivity contribution in [3.63, 3.8) is 0 Å². The maximum atomic E-state index is 12.4. The fourth-order valence-electron chi connectivity index (χ4n) is 2.34. The van der Waals surface area contributed by atoms with E-state index in [0.29, 0.717) is 16.4 Å². The molecule has 3 aromatic rings. The normalized spacial score (nSPS) is 10.4. The summed E-state index contributed by atoms with van der Waals surface area (Å²) in [6.45, 7) is 3.73. The standard InChI is InChI=1S/C19H18N4O2S2/c1-12-6-3-4-9-16(12)18(25)20-14-7-5-8-15(10-14)26-11-17(24)21-19-23-22-13(2)27-19/h3-10H,11H2,1-2H3,(H,20,25)(H,21,23,24). The molecule has 1 aromatic heterocycles. The predicted molar refractivity (Wildman–Crippen MR) is 110 cm³/mol. The van der Waals surface area contributed by atoms with Crippen LogP contribution in [0.15, 0.2) is 53.4 Å². The number of hydrogen-bond acceptors (Lipinski definition) is 6. The van der Waals surface area contributed by atoms with Crippen molar-refractivity contribution in [3.8, 4) is 0 Å². The van der Waals surface area contributed by atoms with Crippen LogP contribution in [0.3, 0.4) is 0 Å². The zero-order valence-corrected chi connectivity index (χ0v) is 16.5. The minimum atomic E-state index is -0.153. The number of nitrogens with zero attached hydrogens (tertiary/aromatic N) is 2. The van der Waals surface area contributed by atoms with Crippen molar-refractivity contribution in [1.82, 2.24) is 10.2 Å². The first-order valence-electron chi connectivity index (χ1n) is 8.21. The molecule has 0 saturated carbocycles. The summed E-state index contributed by atoms with van der Waals surface area (Å²) < 4.78 is 0. The summed E-state index contributed by atoms with van der Waals surface area (Å²) >= 11 is 2.72. The molecule has 0 saturated heterocycles. The lowest BCUT2D eigenvalue weighted by Crippen LogP contribution is -2.14. The lowest BCUT2D eigenvalue weighted by molar-refractivity contribution is -0.113. The van der Waals surface area contributed by atoms with Gasteiger partial charge >= 0.3 is 0 Å². The molecular formula is C19H18N4O2S2. The molecule has 2 aromatic carbocycles. The molecule has 8 heteroatoms. The second-order valence-electron chi connectivity index (χ2n) is 5.76. The van der Waals surface area contributed by atoms with Crippen LogP contribution in [-0.2, 0) is 4.79 Å². The average molecular weight is 399 g/mol. The SMILES string of the molecule is Cc1nnc(NC(=O)CSc2cccc(NC(=O)c3ccccc3C)c2)s1. The van der Waals surface area contributed by atoms with Crippen molar-refractivity contribution in [2.45, 2.75) is 18.7 Å². The Bertz CT molecular complexity index is 972. The van der Waals surface area contributed by atoms with Crippen molar-refractivity contribution in [2.24, 2.45) is 0 Å². The molecule has 0 bridgehead atoms. The first-order chi connectivity index (χ1) is 13.0. The molecule has 0 aliphatic carbocycles. The van der Waals surface area contributed by atoms with Gasteiger partial charge in [-0.05, 0) is 43.7 Å². The van der Waals surface area contributed by atoms with Gasteiger partial charge in [0.25, 0.3) is 5.91 Å². The second-order valence-corrected chi connectivity index (χ2v) is 7.99. The van der Waals surface area contributed by atoms with E-state index in [0.717, 1.165) is 15.5 Å². The van der Waals surface area contributed by atoms with Gasteiger partial charge in [-0.25, -0.2) is 0 Å². The topological polar surface area (TPSA) is 84.0 Å². The van der Waals surface area contributed by atoms with E-state index in [-0.39, 0.29) is 17.6 Å². The van der Waals surface area contributed by atoms with Gasteiger partial charge in [-0.15, -0.1) is 22.0 Å². The Kier molecular flexibility index (Phi) is 6.20. The molecule has 0 atom stereocenters. The largest absolute Gasteiger partial charge is 0.322 e. The zero-order chi connectivity index (χ0) is 19.2. The van der Waals surface area contributed by atoms with Crippen LogP contribution >= 0.6 is 23.1 Å². The summed E-state index contributed by atoms with van der Waals surface area (Å²) in [6.07, 6.45) is 0. The molecule has 27 heavy (non-hydrogen) atoms. The molecule has 6 nitrogen and oxygen atoms in total. The van der Waals surface area contributed by atoms with Crippen molar-refractivity contribution < 1.29 is 9.59 Å². The summed E-state index contributed by atoms with van der Waals surface area (Å²) in [4.78, 5) is 25.3. The highest BCUT2D eigenvalue weighted by Crippen LogP contribution is 2.23. The number of anilines is 2. The number of carbonyl (C=O) groups excluding carboxylic acids is 2.